The van der Waals surface area contributed by atoms with Crippen molar-refractivity contribution < 1.29 is 14.3 Å². The van der Waals surface area contributed by atoms with E-state index in [1.54, 1.807) is 30.3 Å². The van der Waals surface area contributed by atoms with E-state index in [-0.39, 0.29) is 0 Å². The van der Waals surface area contributed by atoms with Gasteiger partial charge in [-0.25, -0.2) is 5.43 Å². The molecule has 0 saturated heterocycles. The van der Waals surface area contributed by atoms with Gasteiger partial charge in [0, 0.05) is 22.6 Å². The maximum absolute atomic E-state index is 12.3. The van der Waals surface area contributed by atoms with Crippen LogP contribution in [-0.4, -0.2) is 22.6 Å². The smallest absolute Gasteiger partial charge is 0.329 e. The highest BCUT2D eigenvalue weighted by atomic mass is 35.5. The summed E-state index contributed by atoms with van der Waals surface area (Å²) in [5.74, 6) is -1.09. The van der Waals surface area contributed by atoms with Crippen molar-refractivity contribution >= 4 is 46.9 Å². The number of ether oxygens (including phenoxy) is 1. The van der Waals surface area contributed by atoms with E-state index in [9.17, 15) is 9.59 Å². The lowest BCUT2D eigenvalue weighted by atomic mass is 10.2. The molecule has 2 N–H and O–H groups in total. The molecule has 9 heteroatoms. The number of hydrogen-bond donors (Lipinski definition) is 2. The SMILES string of the molecule is Cc1cc(/C=N\NC(=O)C(=O)Nc2ccc(OCc3ccccc3)cc2)c(C)n1-c1cccc(Cl)c1Cl. The summed E-state index contributed by atoms with van der Waals surface area (Å²) in [6.07, 6.45) is 1.47. The Labute approximate surface area is 224 Å². The van der Waals surface area contributed by atoms with Gasteiger partial charge in [-0.1, -0.05) is 59.6 Å². The Morgan fingerprint density at radius 3 is 2.41 bits per heavy atom. The van der Waals surface area contributed by atoms with Gasteiger partial charge in [-0.15, -0.1) is 0 Å². The number of aryl methyl sites for hydroxylation is 1. The molecule has 1 aromatic heterocycles. The fourth-order valence-electron chi connectivity index (χ4n) is 3.73. The lowest BCUT2D eigenvalue weighted by molar-refractivity contribution is -0.136. The minimum absolute atomic E-state index is 0.432. The molecule has 0 aliphatic rings. The quantitative estimate of drug-likeness (QED) is 0.171. The third-order valence-corrected chi connectivity index (χ3v) is 6.39. The van der Waals surface area contributed by atoms with Gasteiger partial charge in [0.15, 0.2) is 0 Å². The number of aromatic nitrogens is 1. The predicted octanol–water partition coefficient (Wildman–Crippen LogP) is 6.07. The van der Waals surface area contributed by atoms with E-state index in [0.717, 1.165) is 28.2 Å². The lowest BCUT2D eigenvalue weighted by Gasteiger charge is -2.12. The van der Waals surface area contributed by atoms with Gasteiger partial charge in [0.25, 0.3) is 0 Å². The Balaban J connectivity index is 1.33. The number of nitrogens with zero attached hydrogens (tertiary/aromatic N) is 2. The molecule has 4 rings (SSSR count). The van der Waals surface area contributed by atoms with Crippen LogP contribution in [0.15, 0.2) is 84.0 Å². The number of carbonyl (C=O) groups is 2. The molecule has 0 aliphatic heterocycles. The van der Waals surface area contributed by atoms with Crippen LogP contribution in [0.5, 0.6) is 5.75 Å². The van der Waals surface area contributed by atoms with E-state index in [4.69, 9.17) is 27.9 Å². The second-order valence-corrected chi connectivity index (χ2v) is 8.97. The summed E-state index contributed by atoms with van der Waals surface area (Å²) in [5.41, 5.74) is 7.00. The molecule has 0 aliphatic carbocycles. The Kier molecular flexibility index (Phi) is 8.28. The molecular weight excluding hydrogens is 511 g/mol. The number of rotatable bonds is 7. The van der Waals surface area contributed by atoms with E-state index in [2.05, 4.69) is 15.8 Å². The van der Waals surface area contributed by atoms with Crippen molar-refractivity contribution in [3.63, 3.8) is 0 Å². The van der Waals surface area contributed by atoms with Crippen molar-refractivity contribution in [3.8, 4) is 11.4 Å². The molecule has 0 unspecified atom stereocenters. The fourth-order valence-corrected chi connectivity index (χ4v) is 4.11. The summed E-state index contributed by atoms with van der Waals surface area (Å²) in [7, 11) is 0. The van der Waals surface area contributed by atoms with Crippen molar-refractivity contribution in [3.05, 3.63) is 111 Å². The first-order valence-corrected chi connectivity index (χ1v) is 12.1. The second kappa shape index (κ2) is 11.8. The highest BCUT2D eigenvalue weighted by Gasteiger charge is 2.15. The zero-order valence-corrected chi connectivity index (χ0v) is 21.7. The number of benzene rings is 3. The van der Waals surface area contributed by atoms with Gasteiger partial charge in [0.2, 0.25) is 0 Å². The summed E-state index contributed by atoms with van der Waals surface area (Å²) >= 11 is 12.5. The minimum atomic E-state index is -0.896. The summed E-state index contributed by atoms with van der Waals surface area (Å²) < 4.78 is 7.67. The van der Waals surface area contributed by atoms with Gasteiger partial charge in [-0.3, -0.25) is 9.59 Å². The van der Waals surface area contributed by atoms with Crippen LogP contribution >= 0.6 is 23.2 Å². The summed E-state index contributed by atoms with van der Waals surface area (Å²) in [5, 5.41) is 7.37. The van der Waals surface area contributed by atoms with Crippen LogP contribution in [0.3, 0.4) is 0 Å². The molecule has 37 heavy (non-hydrogen) atoms. The Hall–Kier alpha value is -4.07. The second-order valence-electron chi connectivity index (χ2n) is 8.19. The van der Waals surface area contributed by atoms with Crippen LogP contribution < -0.4 is 15.5 Å². The molecule has 1 heterocycles. The van der Waals surface area contributed by atoms with Crippen LogP contribution in [0.2, 0.25) is 10.0 Å². The molecule has 0 radical (unpaired) electrons. The van der Waals surface area contributed by atoms with Gasteiger partial charge in [0.1, 0.15) is 12.4 Å². The first kappa shape index (κ1) is 26.0. The van der Waals surface area contributed by atoms with E-state index in [1.165, 1.54) is 6.21 Å². The monoisotopic (exact) mass is 534 g/mol. The number of carbonyl (C=O) groups excluding carboxylic acids is 2. The molecule has 3 aromatic carbocycles. The van der Waals surface area contributed by atoms with Gasteiger partial charge < -0.3 is 14.6 Å². The van der Waals surface area contributed by atoms with E-state index < -0.39 is 11.8 Å². The van der Waals surface area contributed by atoms with Crippen molar-refractivity contribution in [2.45, 2.75) is 20.5 Å². The lowest BCUT2D eigenvalue weighted by Crippen LogP contribution is -2.32. The number of hydrazone groups is 1. The number of amides is 2. The highest BCUT2D eigenvalue weighted by molar-refractivity contribution is 6.43. The van der Waals surface area contributed by atoms with Crippen LogP contribution in [0.4, 0.5) is 5.69 Å². The number of anilines is 1. The highest BCUT2D eigenvalue weighted by Crippen LogP contribution is 2.31. The largest absolute Gasteiger partial charge is 0.489 e. The third kappa shape index (κ3) is 6.39. The van der Waals surface area contributed by atoms with Gasteiger partial charge in [-0.2, -0.15) is 5.10 Å². The molecule has 0 fully saturated rings. The minimum Gasteiger partial charge on any atom is -0.489 e. The molecule has 0 spiro atoms. The molecule has 4 aromatic rings. The molecule has 7 nitrogen and oxygen atoms in total. The molecule has 0 bridgehead atoms. The Morgan fingerprint density at radius 2 is 1.68 bits per heavy atom. The third-order valence-electron chi connectivity index (χ3n) is 5.58. The summed E-state index contributed by atoms with van der Waals surface area (Å²) in [4.78, 5) is 24.5. The first-order valence-electron chi connectivity index (χ1n) is 11.4. The van der Waals surface area contributed by atoms with E-state index in [1.807, 2.05) is 66.9 Å². The molecule has 2 amide bonds. The molecular formula is C28H24Cl2N4O3. The van der Waals surface area contributed by atoms with Crippen molar-refractivity contribution in [2.75, 3.05) is 5.32 Å². The first-order chi connectivity index (χ1) is 17.8. The Bertz CT molecular complexity index is 1450. The fraction of sp³-hybridized carbons (Fsp3) is 0.107. The Morgan fingerprint density at radius 1 is 0.946 bits per heavy atom. The normalized spacial score (nSPS) is 10.9. The zero-order chi connectivity index (χ0) is 26.4. The summed E-state index contributed by atoms with van der Waals surface area (Å²) in [6.45, 7) is 4.25. The zero-order valence-electron chi connectivity index (χ0n) is 20.2. The molecule has 0 saturated carbocycles. The van der Waals surface area contributed by atoms with Crippen LogP contribution in [0.25, 0.3) is 5.69 Å². The maximum Gasteiger partial charge on any atom is 0.329 e. The molecule has 188 valence electrons. The van der Waals surface area contributed by atoms with Crippen LogP contribution in [-0.2, 0) is 16.2 Å². The van der Waals surface area contributed by atoms with E-state index >= 15 is 0 Å². The van der Waals surface area contributed by atoms with Crippen molar-refractivity contribution in [2.24, 2.45) is 5.10 Å². The van der Waals surface area contributed by atoms with Gasteiger partial charge in [-0.05, 0) is 61.9 Å². The molecule has 0 atom stereocenters. The average Bonchev–Trinajstić information content (AvgIpc) is 3.18. The van der Waals surface area contributed by atoms with Crippen molar-refractivity contribution in [1.29, 1.82) is 0 Å². The van der Waals surface area contributed by atoms with Crippen LogP contribution in [0.1, 0.15) is 22.5 Å². The average molecular weight is 535 g/mol. The number of nitrogens with one attached hydrogen (secondary N) is 2. The van der Waals surface area contributed by atoms with Crippen LogP contribution in [0, 0.1) is 13.8 Å². The number of halogens is 2. The van der Waals surface area contributed by atoms with Gasteiger partial charge in [0.05, 0.1) is 21.9 Å². The van der Waals surface area contributed by atoms with Crippen molar-refractivity contribution in [1.82, 2.24) is 9.99 Å². The standard InChI is InChI=1S/C28H24Cl2N4O3/c1-18-15-21(19(2)34(18)25-10-6-9-24(29)26(25)30)16-31-33-28(36)27(35)32-22-11-13-23(14-12-22)37-17-20-7-4-3-5-8-20/h3-16H,17H2,1-2H3,(H,32,35)(H,33,36)/b31-16-. The van der Waals surface area contributed by atoms with E-state index in [0.29, 0.717) is 28.1 Å². The van der Waals surface area contributed by atoms with Gasteiger partial charge >= 0.3 is 11.8 Å². The topological polar surface area (TPSA) is 84.7 Å². The maximum atomic E-state index is 12.3. The number of hydrogen-bond acceptors (Lipinski definition) is 4. The summed E-state index contributed by atoms with van der Waals surface area (Å²) in [6, 6.07) is 23.8. The predicted molar refractivity (Wildman–Crippen MR) is 147 cm³/mol.